The van der Waals surface area contributed by atoms with E-state index in [1.165, 1.54) is 15.8 Å². The molecular weight excluding hydrogens is 352 g/mol. The summed E-state index contributed by atoms with van der Waals surface area (Å²) in [4.78, 5) is 38.7. The molecule has 1 atom stereocenters. The molecule has 0 saturated carbocycles. The normalized spacial score (nSPS) is 17.3. The molecule has 1 fully saturated rings. The second kappa shape index (κ2) is 7.10. The van der Waals surface area contributed by atoms with Gasteiger partial charge in [0.1, 0.15) is 11.9 Å². The van der Waals surface area contributed by atoms with Gasteiger partial charge in [0.05, 0.1) is 6.04 Å². The molecule has 2 N–H and O–H groups in total. The number of carboxylic acid groups (broad SMARTS) is 1. The maximum absolute atomic E-state index is 12.9. The van der Waals surface area contributed by atoms with Crippen molar-refractivity contribution < 1.29 is 19.4 Å². The molecule has 1 amide bonds. The predicted octanol–water partition coefficient (Wildman–Crippen LogP) is 1.65. The number of hydrogen-bond donors (Lipinski definition) is 2. The van der Waals surface area contributed by atoms with Gasteiger partial charge < -0.3 is 19.7 Å². The summed E-state index contributed by atoms with van der Waals surface area (Å²) in [5.41, 5.74) is -0.0309. The smallest absolute Gasteiger partial charge is 0.416 e. The largest absolute Gasteiger partial charge is 0.475 e. The van der Waals surface area contributed by atoms with Crippen LogP contribution in [0.4, 0.5) is 10.6 Å². The minimum atomic E-state index is -1.16. The maximum atomic E-state index is 12.9. The van der Waals surface area contributed by atoms with E-state index < -0.39 is 17.7 Å². The Kier molecular flexibility index (Phi) is 5.01. The number of fused-ring (bicyclic) bond motifs is 1. The van der Waals surface area contributed by atoms with Gasteiger partial charge >= 0.3 is 12.1 Å². The molecule has 1 unspecified atom stereocenters. The van der Waals surface area contributed by atoms with E-state index >= 15 is 0 Å². The zero-order chi connectivity index (χ0) is 19.8. The first kappa shape index (κ1) is 19.0. The summed E-state index contributed by atoms with van der Waals surface area (Å²) in [5.74, 6) is -1.03. The first-order valence-corrected chi connectivity index (χ1v) is 8.90. The monoisotopic (exact) mass is 376 g/mol. The van der Waals surface area contributed by atoms with Crippen LogP contribution in [-0.2, 0) is 11.3 Å². The summed E-state index contributed by atoms with van der Waals surface area (Å²) < 4.78 is 7.06. The van der Waals surface area contributed by atoms with Crippen LogP contribution in [0.25, 0.3) is 11.2 Å². The highest BCUT2D eigenvalue weighted by molar-refractivity contribution is 5.98. The Morgan fingerprint density at radius 3 is 2.70 bits per heavy atom. The lowest BCUT2D eigenvalue weighted by molar-refractivity contribution is 0.0566. The van der Waals surface area contributed by atoms with E-state index in [-0.39, 0.29) is 23.2 Å². The Labute approximate surface area is 156 Å². The van der Waals surface area contributed by atoms with Gasteiger partial charge in [-0.25, -0.2) is 24.5 Å². The number of carbonyl (C=O) groups excluding carboxylic acids is 1. The molecule has 27 heavy (non-hydrogen) atoms. The lowest BCUT2D eigenvalue weighted by Gasteiger charge is -2.30. The second-order valence-electron chi connectivity index (χ2n) is 7.35. The van der Waals surface area contributed by atoms with E-state index in [4.69, 9.17) is 4.74 Å². The van der Waals surface area contributed by atoms with Gasteiger partial charge in [-0.1, -0.05) is 0 Å². The maximum Gasteiger partial charge on any atom is 0.416 e. The molecule has 3 heterocycles. The lowest BCUT2D eigenvalue weighted by atomic mass is 10.2. The molecule has 146 valence electrons. The Bertz CT molecular complexity index is 866. The van der Waals surface area contributed by atoms with Gasteiger partial charge in [-0.05, 0) is 40.7 Å². The third-order valence-corrected chi connectivity index (χ3v) is 4.24. The van der Waals surface area contributed by atoms with Crippen molar-refractivity contribution in [2.45, 2.75) is 52.3 Å². The topological polar surface area (TPSA) is 122 Å². The SMILES string of the molecule is CCn1c(C(=O)O)nc2c(N(C(=O)OC(C)(C)C)C3CCNC3)ncnc21. The Morgan fingerprint density at radius 1 is 1.41 bits per heavy atom. The number of rotatable bonds is 4. The molecule has 0 aromatic carbocycles. The van der Waals surface area contributed by atoms with Crippen LogP contribution >= 0.6 is 0 Å². The molecular formula is C17H24N6O4. The molecule has 10 heteroatoms. The van der Waals surface area contributed by atoms with E-state index in [0.717, 1.165) is 13.0 Å². The van der Waals surface area contributed by atoms with E-state index in [1.807, 2.05) is 6.92 Å². The highest BCUT2D eigenvalue weighted by Crippen LogP contribution is 2.28. The quantitative estimate of drug-likeness (QED) is 0.826. The highest BCUT2D eigenvalue weighted by Gasteiger charge is 2.35. The van der Waals surface area contributed by atoms with Crippen LogP contribution in [0.2, 0.25) is 0 Å². The van der Waals surface area contributed by atoms with Crippen molar-refractivity contribution in [2.24, 2.45) is 0 Å². The summed E-state index contributed by atoms with van der Waals surface area (Å²) in [6.07, 6.45) is 1.50. The number of aromatic carboxylic acids is 1. The van der Waals surface area contributed by atoms with Crippen LogP contribution in [0.1, 0.15) is 44.7 Å². The fourth-order valence-corrected chi connectivity index (χ4v) is 3.14. The van der Waals surface area contributed by atoms with Crippen molar-refractivity contribution in [1.82, 2.24) is 24.8 Å². The summed E-state index contributed by atoms with van der Waals surface area (Å²) in [7, 11) is 0. The van der Waals surface area contributed by atoms with Gasteiger partial charge in [-0.3, -0.25) is 4.90 Å². The zero-order valence-corrected chi connectivity index (χ0v) is 15.9. The van der Waals surface area contributed by atoms with Crippen LogP contribution in [-0.4, -0.2) is 61.4 Å². The lowest BCUT2D eigenvalue weighted by Crippen LogP contribution is -2.45. The van der Waals surface area contributed by atoms with Gasteiger partial charge in [0, 0.05) is 13.1 Å². The number of carbonyl (C=O) groups is 2. The number of ether oxygens (including phenoxy) is 1. The van der Waals surface area contributed by atoms with Crippen molar-refractivity contribution in [3.05, 3.63) is 12.2 Å². The number of aromatic nitrogens is 4. The van der Waals surface area contributed by atoms with E-state index in [0.29, 0.717) is 18.7 Å². The predicted molar refractivity (Wildman–Crippen MR) is 97.9 cm³/mol. The molecule has 2 aromatic rings. The van der Waals surface area contributed by atoms with Crippen molar-refractivity contribution >= 4 is 29.0 Å². The molecule has 0 aliphatic carbocycles. The van der Waals surface area contributed by atoms with Gasteiger partial charge in [-0.15, -0.1) is 0 Å². The highest BCUT2D eigenvalue weighted by atomic mass is 16.6. The molecule has 1 aliphatic heterocycles. The number of hydrogen-bond acceptors (Lipinski definition) is 7. The Morgan fingerprint density at radius 2 is 2.15 bits per heavy atom. The van der Waals surface area contributed by atoms with Crippen molar-refractivity contribution in [2.75, 3.05) is 18.0 Å². The molecule has 1 saturated heterocycles. The van der Waals surface area contributed by atoms with Crippen LogP contribution in [0.15, 0.2) is 6.33 Å². The summed E-state index contributed by atoms with van der Waals surface area (Å²) in [5, 5.41) is 12.7. The molecule has 0 radical (unpaired) electrons. The first-order chi connectivity index (χ1) is 12.7. The van der Waals surface area contributed by atoms with E-state index in [1.54, 1.807) is 20.8 Å². The third kappa shape index (κ3) is 3.70. The van der Waals surface area contributed by atoms with E-state index in [9.17, 15) is 14.7 Å². The first-order valence-electron chi connectivity index (χ1n) is 8.90. The standard InChI is InChI=1S/C17H24N6O4/c1-5-22-12-11(21-14(22)15(24)25)13(20-9-19-12)23(10-6-7-18-8-10)16(26)27-17(2,3)4/h9-10,18H,5-8H2,1-4H3,(H,24,25). The fourth-order valence-electron chi connectivity index (χ4n) is 3.14. The number of amides is 1. The van der Waals surface area contributed by atoms with Crippen LogP contribution in [0.3, 0.4) is 0 Å². The number of nitrogens with zero attached hydrogens (tertiary/aromatic N) is 5. The Hall–Kier alpha value is -2.75. The number of imidazole rings is 1. The minimum absolute atomic E-state index is 0.136. The summed E-state index contributed by atoms with van der Waals surface area (Å²) in [6.45, 7) is 8.92. The fraction of sp³-hybridized carbons (Fsp3) is 0.588. The number of carboxylic acids is 1. The van der Waals surface area contributed by atoms with Gasteiger partial charge in [0.2, 0.25) is 5.82 Å². The van der Waals surface area contributed by atoms with E-state index in [2.05, 4.69) is 20.3 Å². The summed E-state index contributed by atoms with van der Waals surface area (Å²) >= 11 is 0. The molecule has 10 nitrogen and oxygen atoms in total. The van der Waals surface area contributed by atoms with Crippen molar-refractivity contribution in [3.63, 3.8) is 0 Å². The van der Waals surface area contributed by atoms with Gasteiger partial charge in [-0.2, -0.15) is 0 Å². The number of anilines is 1. The van der Waals surface area contributed by atoms with Crippen molar-refractivity contribution in [1.29, 1.82) is 0 Å². The zero-order valence-electron chi connectivity index (χ0n) is 15.9. The third-order valence-electron chi connectivity index (χ3n) is 4.24. The van der Waals surface area contributed by atoms with Gasteiger partial charge in [0.25, 0.3) is 0 Å². The Balaban J connectivity index is 2.15. The van der Waals surface area contributed by atoms with Crippen LogP contribution < -0.4 is 10.2 Å². The molecule has 2 aromatic heterocycles. The van der Waals surface area contributed by atoms with Crippen LogP contribution in [0.5, 0.6) is 0 Å². The average molecular weight is 376 g/mol. The molecule has 0 bridgehead atoms. The molecule has 3 rings (SSSR count). The summed E-state index contributed by atoms with van der Waals surface area (Å²) in [6, 6.07) is -0.169. The van der Waals surface area contributed by atoms with Crippen molar-refractivity contribution in [3.8, 4) is 0 Å². The van der Waals surface area contributed by atoms with Crippen LogP contribution in [0, 0.1) is 0 Å². The average Bonchev–Trinajstić information content (AvgIpc) is 3.20. The second-order valence-corrected chi connectivity index (χ2v) is 7.35. The van der Waals surface area contributed by atoms with Gasteiger partial charge in [0.15, 0.2) is 17.0 Å². The minimum Gasteiger partial charge on any atom is -0.475 e. The molecule has 1 aliphatic rings. The number of aryl methyl sites for hydroxylation is 1. The number of nitrogens with one attached hydrogen (secondary N) is 1. The molecule has 0 spiro atoms.